The van der Waals surface area contributed by atoms with E-state index in [1.54, 1.807) is 0 Å². The summed E-state index contributed by atoms with van der Waals surface area (Å²) in [5.74, 6) is 0.609. The number of para-hydroxylation sites is 1. The highest BCUT2D eigenvalue weighted by Crippen LogP contribution is 2.20. The van der Waals surface area contributed by atoms with E-state index in [1.807, 2.05) is 43.3 Å². The molecule has 0 saturated carbocycles. The maximum atomic E-state index is 12.2. The Morgan fingerprint density at radius 2 is 1.78 bits per heavy atom. The number of nitrogen functional groups attached to an aromatic ring is 1. The van der Waals surface area contributed by atoms with Gasteiger partial charge in [0.2, 0.25) is 0 Å². The SMILES string of the molecule is Cc1cccc(S(=O)CCc2ccccc2)c1N. The zero-order chi connectivity index (χ0) is 13.0. The van der Waals surface area contributed by atoms with Crippen LogP contribution in [0.5, 0.6) is 0 Å². The van der Waals surface area contributed by atoms with Gasteiger partial charge < -0.3 is 5.73 Å². The van der Waals surface area contributed by atoms with Crippen LogP contribution in [0.25, 0.3) is 0 Å². The molecule has 0 aliphatic rings. The van der Waals surface area contributed by atoms with Crippen molar-refractivity contribution in [1.29, 1.82) is 0 Å². The van der Waals surface area contributed by atoms with Crippen LogP contribution in [0.15, 0.2) is 53.4 Å². The van der Waals surface area contributed by atoms with Crippen molar-refractivity contribution in [3.8, 4) is 0 Å². The highest BCUT2D eigenvalue weighted by atomic mass is 32.2. The molecule has 0 aliphatic carbocycles. The molecule has 94 valence electrons. The molecular formula is C15H17NOS. The van der Waals surface area contributed by atoms with Crippen LogP contribution in [-0.2, 0) is 17.2 Å². The number of hydrogen-bond acceptors (Lipinski definition) is 2. The number of rotatable bonds is 4. The van der Waals surface area contributed by atoms with Crippen molar-refractivity contribution in [2.45, 2.75) is 18.2 Å². The third-order valence-electron chi connectivity index (χ3n) is 2.95. The quantitative estimate of drug-likeness (QED) is 0.858. The molecule has 0 fully saturated rings. The van der Waals surface area contributed by atoms with Gasteiger partial charge in [-0.3, -0.25) is 4.21 Å². The van der Waals surface area contributed by atoms with Gasteiger partial charge >= 0.3 is 0 Å². The van der Waals surface area contributed by atoms with Crippen LogP contribution in [-0.4, -0.2) is 9.96 Å². The van der Waals surface area contributed by atoms with E-state index in [0.717, 1.165) is 16.9 Å². The maximum Gasteiger partial charge on any atom is 0.0620 e. The van der Waals surface area contributed by atoms with Crippen molar-refractivity contribution >= 4 is 16.5 Å². The summed E-state index contributed by atoms with van der Waals surface area (Å²) in [6.45, 7) is 1.94. The van der Waals surface area contributed by atoms with E-state index in [-0.39, 0.29) is 0 Å². The number of benzene rings is 2. The van der Waals surface area contributed by atoms with Crippen molar-refractivity contribution in [1.82, 2.24) is 0 Å². The molecule has 0 heterocycles. The first kappa shape index (κ1) is 12.8. The number of hydrogen-bond donors (Lipinski definition) is 1. The van der Waals surface area contributed by atoms with Crippen LogP contribution in [0.1, 0.15) is 11.1 Å². The molecule has 2 aromatic rings. The predicted octanol–water partition coefficient (Wildman–Crippen LogP) is 2.93. The Hall–Kier alpha value is -1.61. The highest BCUT2D eigenvalue weighted by Gasteiger charge is 2.09. The normalized spacial score (nSPS) is 12.3. The fourth-order valence-electron chi connectivity index (χ4n) is 1.82. The molecule has 0 saturated heterocycles. The molecule has 0 aromatic heterocycles. The first-order valence-electron chi connectivity index (χ1n) is 5.96. The lowest BCUT2D eigenvalue weighted by molar-refractivity contribution is 0.682. The van der Waals surface area contributed by atoms with Crippen LogP contribution in [0, 0.1) is 6.92 Å². The fourth-order valence-corrected chi connectivity index (χ4v) is 3.10. The first-order valence-corrected chi connectivity index (χ1v) is 7.28. The second kappa shape index (κ2) is 5.83. The van der Waals surface area contributed by atoms with E-state index in [2.05, 4.69) is 12.1 Å². The van der Waals surface area contributed by atoms with E-state index in [1.165, 1.54) is 5.56 Å². The van der Waals surface area contributed by atoms with E-state index in [4.69, 9.17) is 5.73 Å². The van der Waals surface area contributed by atoms with Crippen LogP contribution >= 0.6 is 0 Å². The topological polar surface area (TPSA) is 43.1 Å². The summed E-state index contributed by atoms with van der Waals surface area (Å²) in [6.07, 6.45) is 0.806. The van der Waals surface area contributed by atoms with Crippen LogP contribution in [0.2, 0.25) is 0 Å². The largest absolute Gasteiger partial charge is 0.398 e. The first-order chi connectivity index (χ1) is 8.68. The Bertz CT molecular complexity index is 552. The summed E-state index contributed by atoms with van der Waals surface area (Å²) in [7, 11) is -1.03. The van der Waals surface area contributed by atoms with E-state index in [9.17, 15) is 4.21 Å². The lowest BCUT2D eigenvalue weighted by Gasteiger charge is -2.08. The van der Waals surface area contributed by atoms with Gasteiger partial charge in [-0.25, -0.2) is 0 Å². The average Bonchev–Trinajstić information content (AvgIpc) is 2.40. The second-order valence-corrected chi connectivity index (χ2v) is 5.81. The lowest BCUT2D eigenvalue weighted by atomic mass is 10.2. The molecule has 18 heavy (non-hydrogen) atoms. The van der Waals surface area contributed by atoms with Crippen molar-refractivity contribution in [2.24, 2.45) is 0 Å². The third-order valence-corrected chi connectivity index (χ3v) is 4.37. The summed E-state index contributed by atoms with van der Waals surface area (Å²) in [4.78, 5) is 0.755. The molecule has 1 unspecified atom stereocenters. The minimum Gasteiger partial charge on any atom is -0.398 e. The summed E-state index contributed by atoms with van der Waals surface area (Å²) in [5.41, 5.74) is 8.81. The molecule has 0 bridgehead atoms. The molecular weight excluding hydrogens is 242 g/mol. The van der Waals surface area contributed by atoms with E-state index < -0.39 is 10.8 Å². The predicted molar refractivity (Wildman–Crippen MR) is 77.0 cm³/mol. The lowest BCUT2D eigenvalue weighted by Crippen LogP contribution is -2.05. The molecule has 1 atom stereocenters. The van der Waals surface area contributed by atoms with Crippen molar-refractivity contribution < 1.29 is 4.21 Å². The summed E-state index contributed by atoms with van der Waals surface area (Å²) < 4.78 is 12.2. The molecule has 2 aromatic carbocycles. The molecule has 0 amide bonds. The van der Waals surface area contributed by atoms with Gasteiger partial charge in [-0.2, -0.15) is 0 Å². The molecule has 0 radical (unpaired) electrons. The Morgan fingerprint density at radius 1 is 1.06 bits per heavy atom. The smallest absolute Gasteiger partial charge is 0.0620 e. The zero-order valence-electron chi connectivity index (χ0n) is 10.4. The molecule has 0 aliphatic heterocycles. The Labute approximate surface area is 110 Å². The highest BCUT2D eigenvalue weighted by molar-refractivity contribution is 7.85. The Morgan fingerprint density at radius 3 is 2.50 bits per heavy atom. The van der Waals surface area contributed by atoms with Crippen LogP contribution < -0.4 is 5.73 Å². The monoisotopic (exact) mass is 259 g/mol. The van der Waals surface area contributed by atoms with Gasteiger partial charge in [-0.1, -0.05) is 42.5 Å². The number of nitrogens with two attached hydrogens (primary N) is 1. The standard InChI is InChI=1S/C15H17NOS/c1-12-6-5-9-14(15(12)16)18(17)11-10-13-7-3-2-4-8-13/h2-9H,10-11,16H2,1H3. The second-order valence-electron chi connectivity index (χ2n) is 4.27. The zero-order valence-corrected chi connectivity index (χ0v) is 11.2. The van der Waals surface area contributed by atoms with E-state index in [0.29, 0.717) is 11.4 Å². The molecule has 3 heteroatoms. The summed E-state index contributed by atoms with van der Waals surface area (Å²) in [5, 5.41) is 0. The van der Waals surface area contributed by atoms with Crippen molar-refractivity contribution in [3.05, 3.63) is 59.7 Å². The van der Waals surface area contributed by atoms with Gasteiger partial charge in [0, 0.05) is 5.75 Å². The van der Waals surface area contributed by atoms with Gasteiger partial charge in [-0.05, 0) is 30.5 Å². The van der Waals surface area contributed by atoms with E-state index >= 15 is 0 Å². The van der Waals surface area contributed by atoms with Gasteiger partial charge in [0.15, 0.2) is 0 Å². The maximum absolute atomic E-state index is 12.2. The Kier molecular flexibility index (Phi) is 4.15. The minimum atomic E-state index is -1.03. The van der Waals surface area contributed by atoms with Gasteiger partial charge in [0.1, 0.15) is 0 Å². The number of aryl methyl sites for hydroxylation is 2. The van der Waals surface area contributed by atoms with Gasteiger partial charge in [-0.15, -0.1) is 0 Å². The van der Waals surface area contributed by atoms with Gasteiger partial charge in [0.25, 0.3) is 0 Å². The molecule has 2 nitrogen and oxygen atoms in total. The van der Waals surface area contributed by atoms with Crippen molar-refractivity contribution in [2.75, 3.05) is 11.5 Å². The molecule has 2 rings (SSSR count). The van der Waals surface area contributed by atoms with Gasteiger partial charge in [0.05, 0.1) is 21.4 Å². The minimum absolute atomic E-state index is 0.609. The average molecular weight is 259 g/mol. The van der Waals surface area contributed by atoms with Crippen molar-refractivity contribution in [3.63, 3.8) is 0 Å². The molecule has 0 spiro atoms. The molecule has 2 N–H and O–H groups in total. The number of anilines is 1. The summed E-state index contributed by atoms with van der Waals surface area (Å²) in [6, 6.07) is 15.8. The van der Waals surface area contributed by atoms with Crippen LogP contribution in [0.3, 0.4) is 0 Å². The Balaban J connectivity index is 2.07. The van der Waals surface area contributed by atoms with Crippen LogP contribution in [0.4, 0.5) is 5.69 Å². The summed E-state index contributed by atoms with van der Waals surface area (Å²) >= 11 is 0. The third kappa shape index (κ3) is 2.99. The fraction of sp³-hybridized carbons (Fsp3) is 0.200.